The molecule has 21 heavy (non-hydrogen) atoms. The van der Waals surface area contributed by atoms with E-state index in [1.165, 1.54) is 19.3 Å². The maximum Gasteiger partial charge on any atom is 0.225 e. The Morgan fingerprint density at radius 1 is 1.10 bits per heavy atom. The van der Waals surface area contributed by atoms with Crippen LogP contribution < -0.4 is 5.73 Å². The summed E-state index contributed by atoms with van der Waals surface area (Å²) in [7, 11) is 0. The van der Waals surface area contributed by atoms with Crippen molar-refractivity contribution in [1.29, 1.82) is 0 Å². The largest absolute Gasteiger partial charge is 0.341 e. The van der Waals surface area contributed by atoms with Gasteiger partial charge in [0.2, 0.25) is 5.91 Å². The van der Waals surface area contributed by atoms with Gasteiger partial charge in [-0.25, -0.2) is 0 Å². The summed E-state index contributed by atoms with van der Waals surface area (Å²) in [5.41, 5.74) is 5.73. The van der Waals surface area contributed by atoms with Gasteiger partial charge >= 0.3 is 0 Å². The van der Waals surface area contributed by atoms with E-state index in [9.17, 15) is 4.79 Å². The Morgan fingerprint density at radius 3 is 2.52 bits per heavy atom. The molecule has 1 atom stereocenters. The van der Waals surface area contributed by atoms with Crippen LogP contribution >= 0.6 is 0 Å². The molecule has 1 heterocycles. The molecule has 1 unspecified atom stereocenters. The highest BCUT2D eigenvalue weighted by Gasteiger charge is 2.28. The Kier molecular flexibility index (Phi) is 6.97. The zero-order valence-corrected chi connectivity index (χ0v) is 13.7. The monoisotopic (exact) mass is 295 g/mol. The van der Waals surface area contributed by atoms with E-state index in [1.807, 2.05) is 0 Å². The summed E-state index contributed by atoms with van der Waals surface area (Å²) in [6, 6.07) is 0.597. The van der Waals surface area contributed by atoms with Crippen LogP contribution in [0.3, 0.4) is 0 Å². The van der Waals surface area contributed by atoms with E-state index in [1.54, 1.807) is 0 Å². The fourth-order valence-electron chi connectivity index (χ4n) is 3.97. The van der Waals surface area contributed by atoms with Crippen LogP contribution in [0.15, 0.2) is 0 Å². The van der Waals surface area contributed by atoms with Gasteiger partial charge < -0.3 is 10.6 Å². The van der Waals surface area contributed by atoms with Gasteiger partial charge in [-0.05, 0) is 38.6 Å². The van der Waals surface area contributed by atoms with Crippen molar-refractivity contribution >= 4 is 5.91 Å². The quantitative estimate of drug-likeness (QED) is 0.846. The molecule has 0 spiro atoms. The summed E-state index contributed by atoms with van der Waals surface area (Å²) in [4.78, 5) is 17.4. The second-order valence-corrected chi connectivity index (χ2v) is 6.69. The minimum Gasteiger partial charge on any atom is -0.341 e. The van der Waals surface area contributed by atoms with Crippen molar-refractivity contribution in [2.45, 2.75) is 64.3 Å². The van der Waals surface area contributed by atoms with Gasteiger partial charge in [0, 0.05) is 38.1 Å². The molecule has 0 radical (unpaired) electrons. The number of nitrogens with zero attached hydrogens (tertiary/aromatic N) is 2. The molecular formula is C17H33N3O. The maximum atomic E-state index is 12.7. The number of hydrogen-bond donors (Lipinski definition) is 1. The number of rotatable bonds is 5. The van der Waals surface area contributed by atoms with Crippen molar-refractivity contribution in [2.75, 3.05) is 32.7 Å². The van der Waals surface area contributed by atoms with Gasteiger partial charge in [0.1, 0.15) is 0 Å². The van der Waals surface area contributed by atoms with E-state index in [4.69, 9.17) is 5.73 Å². The molecule has 0 bridgehead atoms. The van der Waals surface area contributed by atoms with Crippen LogP contribution in [0.4, 0.5) is 0 Å². The minimum atomic E-state index is 0.316. The Bertz CT molecular complexity index is 315. The summed E-state index contributed by atoms with van der Waals surface area (Å²) < 4.78 is 0. The molecule has 2 N–H and O–H groups in total. The van der Waals surface area contributed by atoms with Crippen molar-refractivity contribution in [2.24, 2.45) is 11.7 Å². The van der Waals surface area contributed by atoms with Gasteiger partial charge in [-0.2, -0.15) is 0 Å². The SMILES string of the molecule is CCC(CCN)N1CCCN(C(=O)C2CCCCC2)CC1. The molecule has 2 aliphatic rings. The van der Waals surface area contributed by atoms with Crippen molar-refractivity contribution in [3.05, 3.63) is 0 Å². The van der Waals surface area contributed by atoms with Gasteiger partial charge in [0.15, 0.2) is 0 Å². The van der Waals surface area contributed by atoms with Crippen LogP contribution in [0.1, 0.15) is 58.3 Å². The number of carbonyl (C=O) groups excluding carboxylic acids is 1. The van der Waals surface area contributed by atoms with Gasteiger partial charge in [0.25, 0.3) is 0 Å². The smallest absolute Gasteiger partial charge is 0.225 e. The highest BCUT2D eigenvalue weighted by molar-refractivity contribution is 5.79. The lowest BCUT2D eigenvalue weighted by molar-refractivity contribution is -0.136. The van der Waals surface area contributed by atoms with Crippen LogP contribution in [-0.4, -0.2) is 54.5 Å². The van der Waals surface area contributed by atoms with Crippen molar-refractivity contribution in [3.8, 4) is 0 Å². The van der Waals surface area contributed by atoms with Crippen molar-refractivity contribution in [3.63, 3.8) is 0 Å². The fraction of sp³-hybridized carbons (Fsp3) is 0.941. The minimum absolute atomic E-state index is 0.316. The lowest BCUT2D eigenvalue weighted by atomic mass is 9.88. The van der Waals surface area contributed by atoms with Crippen molar-refractivity contribution < 1.29 is 4.79 Å². The van der Waals surface area contributed by atoms with E-state index >= 15 is 0 Å². The number of nitrogens with two attached hydrogens (primary N) is 1. The normalized spacial score (nSPS) is 23.8. The Balaban J connectivity index is 1.86. The maximum absolute atomic E-state index is 12.7. The Morgan fingerprint density at radius 2 is 1.86 bits per heavy atom. The molecule has 2 fully saturated rings. The molecule has 1 saturated carbocycles. The summed E-state index contributed by atoms with van der Waals surface area (Å²) in [6.45, 7) is 7.01. The molecule has 1 saturated heterocycles. The van der Waals surface area contributed by atoms with Crippen LogP contribution in [0, 0.1) is 5.92 Å². The van der Waals surface area contributed by atoms with Crippen LogP contribution in [0.5, 0.6) is 0 Å². The highest BCUT2D eigenvalue weighted by Crippen LogP contribution is 2.26. The molecule has 2 rings (SSSR count). The molecule has 1 aliphatic heterocycles. The Hall–Kier alpha value is -0.610. The molecule has 0 aromatic carbocycles. The van der Waals surface area contributed by atoms with Gasteiger partial charge in [0.05, 0.1) is 0 Å². The number of amides is 1. The van der Waals surface area contributed by atoms with E-state index in [2.05, 4.69) is 16.7 Å². The molecule has 122 valence electrons. The molecule has 4 heteroatoms. The van der Waals surface area contributed by atoms with E-state index in [-0.39, 0.29) is 0 Å². The summed E-state index contributed by atoms with van der Waals surface area (Å²) in [5.74, 6) is 0.750. The predicted octanol–water partition coefficient (Wildman–Crippen LogP) is 2.23. The first-order valence-corrected chi connectivity index (χ1v) is 8.99. The standard InChI is InChI=1S/C17H33N3O/c1-2-16(9-10-18)19-11-6-12-20(14-13-19)17(21)15-7-4-3-5-8-15/h15-16H,2-14,18H2,1H3. The summed E-state index contributed by atoms with van der Waals surface area (Å²) in [5, 5.41) is 0. The van der Waals surface area contributed by atoms with E-state index in [0.29, 0.717) is 17.9 Å². The lowest BCUT2D eigenvalue weighted by Gasteiger charge is -2.30. The highest BCUT2D eigenvalue weighted by atomic mass is 16.2. The first kappa shape index (κ1) is 16.8. The average Bonchev–Trinajstić information content (AvgIpc) is 2.78. The fourth-order valence-corrected chi connectivity index (χ4v) is 3.97. The third-order valence-electron chi connectivity index (χ3n) is 5.28. The van der Waals surface area contributed by atoms with Crippen molar-refractivity contribution in [1.82, 2.24) is 9.80 Å². The first-order chi connectivity index (χ1) is 10.3. The second kappa shape index (κ2) is 8.74. The molecule has 1 amide bonds. The zero-order chi connectivity index (χ0) is 15.1. The molecular weight excluding hydrogens is 262 g/mol. The average molecular weight is 295 g/mol. The molecule has 0 aromatic heterocycles. The van der Waals surface area contributed by atoms with E-state index < -0.39 is 0 Å². The summed E-state index contributed by atoms with van der Waals surface area (Å²) in [6.07, 6.45) is 9.37. The van der Waals surface area contributed by atoms with E-state index in [0.717, 1.165) is 64.8 Å². The molecule has 1 aliphatic carbocycles. The number of hydrogen-bond acceptors (Lipinski definition) is 3. The van der Waals surface area contributed by atoms with Crippen LogP contribution in [0.2, 0.25) is 0 Å². The first-order valence-electron chi connectivity index (χ1n) is 8.99. The van der Waals surface area contributed by atoms with Gasteiger partial charge in [-0.1, -0.05) is 26.2 Å². The predicted molar refractivity (Wildman–Crippen MR) is 87.1 cm³/mol. The molecule has 0 aromatic rings. The zero-order valence-electron chi connectivity index (χ0n) is 13.7. The Labute approximate surface area is 130 Å². The second-order valence-electron chi connectivity index (χ2n) is 6.69. The topological polar surface area (TPSA) is 49.6 Å². The lowest BCUT2D eigenvalue weighted by Crippen LogP contribution is -2.42. The third-order valence-corrected chi connectivity index (χ3v) is 5.28. The van der Waals surface area contributed by atoms with Crippen LogP contribution in [-0.2, 0) is 4.79 Å². The summed E-state index contributed by atoms with van der Waals surface area (Å²) >= 11 is 0. The van der Waals surface area contributed by atoms with Gasteiger partial charge in [-0.3, -0.25) is 9.69 Å². The van der Waals surface area contributed by atoms with Crippen LogP contribution in [0.25, 0.3) is 0 Å². The van der Waals surface area contributed by atoms with Gasteiger partial charge in [-0.15, -0.1) is 0 Å². The third kappa shape index (κ3) is 4.68. The number of carbonyl (C=O) groups is 1. The molecule has 4 nitrogen and oxygen atoms in total.